The normalized spacial score (nSPS) is 13.0. The molecule has 1 heterocycles. The van der Waals surface area contributed by atoms with E-state index in [0.29, 0.717) is 0 Å². The van der Waals surface area contributed by atoms with Gasteiger partial charge in [0.15, 0.2) is 0 Å². The molecule has 42 heavy (non-hydrogen) atoms. The summed E-state index contributed by atoms with van der Waals surface area (Å²) in [6.45, 7) is 5.45. The quantitative estimate of drug-likeness (QED) is 0.215. The Bertz CT molecular complexity index is 1370. The highest BCUT2D eigenvalue weighted by Crippen LogP contribution is 2.09. The zero-order chi connectivity index (χ0) is 30.6. The van der Waals surface area contributed by atoms with Crippen molar-refractivity contribution in [3.63, 3.8) is 0 Å². The topological polar surface area (TPSA) is 151 Å². The largest absolute Gasteiger partial charge is 0.345 e. The van der Waals surface area contributed by atoms with E-state index >= 15 is 0 Å². The summed E-state index contributed by atoms with van der Waals surface area (Å²) in [6, 6.07) is 16.6. The van der Waals surface area contributed by atoms with Crippen molar-refractivity contribution in [1.82, 2.24) is 31.0 Å². The predicted molar refractivity (Wildman–Crippen MR) is 157 cm³/mol. The van der Waals surface area contributed by atoms with E-state index in [4.69, 9.17) is 0 Å². The van der Waals surface area contributed by atoms with Gasteiger partial charge < -0.3 is 21.3 Å². The smallest absolute Gasteiger partial charge is 0.289 e. The molecular formula is C31H38N6O5. The van der Waals surface area contributed by atoms with E-state index in [0.717, 1.165) is 11.1 Å². The summed E-state index contributed by atoms with van der Waals surface area (Å²) in [7, 11) is 1.61. The molecule has 0 saturated carbocycles. The van der Waals surface area contributed by atoms with Crippen LogP contribution in [0.3, 0.4) is 0 Å². The molecule has 0 bridgehead atoms. The third-order valence-electron chi connectivity index (χ3n) is 6.57. The number of hydrogen-bond donors (Lipinski definition) is 4. The summed E-state index contributed by atoms with van der Waals surface area (Å²) in [6.07, 6.45) is 1.83. The van der Waals surface area contributed by atoms with Gasteiger partial charge in [-0.05, 0) is 36.5 Å². The first-order chi connectivity index (χ1) is 20.0. The maximum atomic E-state index is 13.5. The molecule has 3 rings (SSSR count). The minimum absolute atomic E-state index is 0.0119. The van der Waals surface area contributed by atoms with Crippen LogP contribution >= 0.6 is 0 Å². The maximum Gasteiger partial charge on any atom is 0.289 e. The average Bonchev–Trinajstić information content (AvgIpc) is 3.41. The lowest BCUT2D eigenvalue weighted by atomic mass is 9.99. The van der Waals surface area contributed by atoms with E-state index < -0.39 is 47.5 Å². The number of amides is 4. The van der Waals surface area contributed by atoms with Gasteiger partial charge in [-0.25, -0.2) is 0 Å². The monoisotopic (exact) mass is 574 g/mol. The highest BCUT2D eigenvalue weighted by Gasteiger charge is 2.31. The first-order valence-electron chi connectivity index (χ1n) is 13.8. The molecular weight excluding hydrogens is 536 g/mol. The van der Waals surface area contributed by atoms with E-state index in [2.05, 4.69) is 26.4 Å². The van der Waals surface area contributed by atoms with Crippen LogP contribution in [0.5, 0.6) is 0 Å². The molecule has 11 nitrogen and oxygen atoms in total. The molecule has 2 aromatic carbocycles. The standard InChI is InChI=1S/C31H38N6O5/c1-20(2)17-25(36-28(39)21(3)34-30(41)26-15-16-33-37(26)4)29(40)35-24(18-22-11-7-5-8-12-22)27(38)31(42)32-19-23-13-9-6-10-14-23/h5-16,20-21,24-25H,17-19H2,1-4H3,(H,32,42)(H,34,41)(H,35,40)(H,36,39)/t21-,24-,25-/m0/s1. The molecule has 3 atom stereocenters. The number of carbonyl (C=O) groups is 5. The van der Waals surface area contributed by atoms with Crippen LogP contribution < -0.4 is 21.3 Å². The van der Waals surface area contributed by atoms with Gasteiger partial charge in [0.25, 0.3) is 11.8 Å². The van der Waals surface area contributed by atoms with Crippen molar-refractivity contribution in [3.8, 4) is 0 Å². The molecule has 0 saturated heterocycles. The fourth-order valence-corrected chi connectivity index (χ4v) is 4.29. The van der Waals surface area contributed by atoms with Crippen LogP contribution in [0.15, 0.2) is 72.9 Å². The molecule has 0 radical (unpaired) electrons. The van der Waals surface area contributed by atoms with Gasteiger partial charge in [-0.2, -0.15) is 5.10 Å². The fraction of sp³-hybridized carbons (Fsp3) is 0.355. The number of aryl methyl sites for hydroxylation is 1. The first-order valence-corrected chi connectivity index (χ1v) is 13.8. The third kappa shape index (κ3) is 9.39. The van der Waals surface area contributed by atoms with Crippen LogP contribution in [-0.4, -0.2) is 57.3 Å². The van der Waals surface area contributed by atoms with E-state index in [1.165, 1.54) is 23.9 Å². The second-order valence-electron chi connectivity index (χ2n) is 10.5. The summed E-state index contributed by atoms with van der Waals surface area (Å²) in [5.41, 5.74) is 1.86. The minimum Gasteiger partial charge on any atom is -0.345 e. The average molecular weight is 575 g/mol. The Morgan fingerprint density at radius 2 is 1.36 bits per heavy atom. The molecule has 11 heteroatoms. The second-order valence-corrected chi connectivity index (χ2v) is 10.5. The lowest BCUT2D eigenvalue weighted by molar-refractivity contribution is -0.140. The molecule has 1 aromatic heterocycles. The number of nitrogens with one attached hydrogen (secondary N) is 4. The summed E-state index contributed by atoms with van der Waals surface area (Å²) in [4.78, 5) is 65.1. The molecule has 4 amide bonds. The number of aromatic nitrogens is 2. The van der Waals surface area contributed by atoms with Gasteiger partial charge in [-0.3, -0.25) is 28.7 Å². The van der Waals surface area contributed by atoms with Gasteiger partial charge >= 0.3 is 0 Å². The summed E-state index contributed by atoms with van der Waals surface area (Å²) >= 11 is 0. The van der Waals surface area contributed by atoms with Gasteiger partial charge in [-0.1, -0.05) is 74.5 Å². The Hall–Kier alpha value is -4.80. The second kappa shape index (κ2) is 15.3. The van der Waals surface area contributed by atoms with Gasteiger partial charge in [0.1, 0.15) is 23.8 Å². The van der Waals surface area contributed by atoms with Crippen LogP contribution in [0.1, 0.15) is 48.8 Å². The molecule has 222 valence electrons. The van der Waals surface area contributed by atoms with E-state index in [1.807, 2.05) is 50.2 Å². The Morgan fingerprint density at radius 3 is 1.93 bits per heavy atom. The predicted octanol–water partition coefficient (Wildman–Crippen LogP) is 1.68. The summed E-state index contributed by atoms with van der Waals surface area (Å²) in [5.74, 6) is -3.27. The van der Waals surface area contributed by atoms with Crippen molar-refractivity contribution in [2.45, 2.75) is 58.3 Å². The molecule has 0 aliphatic rings. The summed E-state index contributed by atoms with van der Waals surface area (Å²) in [5, 5.41) is 14.6. The number of ketones is 1. The Balaban J connectivity index is 1.71. The molecule has 0 aliphatic heterocycles. The van der Waals surface area contributed by atoms with Crippen LogP contribution in [0.2, 0.25) is 0 Å². The molecule has 3 aromatic rings. The Labute approximate surface area is 245 Å². The van der Waals surface area contributed by atoms with Crippen LogP contribution in [-0.2, 0) is 39.2 Å². The lowest BCUT2D eigenvalue weighted by Crippen LogP contribution is -2.57. The zero-order valence-corrected chi connectivity index (χ0v) is 24.3. The minimum atomic E-state index is -1.16. The van der Waals surface area contributed by atoms with Gasteiger partial charge in [0, 0.05) is 26.2 Å². The zero-order valence-electron chi connectivity index (χ0n) is 24.3. The van der Waals surface area contributed by atoms with Crippen LogP contribution in [0, 0.1) is 5.92 Å². The van der Waals surface area contributed by atoms with Crippen molar-refractivity contribution in [3.05, 3.63) is 89.7 Å². The van der Waals surface area contributed by atoms with Crippen molar-refractivity contribution in [2.75, 3.05) is 0 Å². The van der Waals surface area contributed by atoms with Crippen molar-refractivity contribution >= 4 is 29.4 Å². The Kier molecular flexibility index (Phi) is 11.5. The van der Waals surface area contributed by atoms with Crippen LogP contribution in [0.25, 0.3) is 0 Å². The van der Waals surface area contributed by atoms with Crippen LogP contribution in [0.4, 0.5) is 0 Å². The molecule has 0 spiro atoms. The van der Waals surface area contributed by atoms with Crippen molar-refractivity contribution in [2.24, 2.45) is 13.0 Å². The van der Waals surface area contributed by atoms with E-state index in [-0.39, 0.29) is 31.0 Å². The van der Waals surface area contributed by atoms with Gasteiger partial charge in [0.05, 0.1) is 0 Å². The number of hydrogen-bond acceptors (Lipinski definition) is 6. The van der Waals surface area contributed by atoms with Gasteiger partial charge in [-0.15, -0.1) is 0 Å². The third-order valence-corrected chi connectivity index (χ3v) is 6.57. The fourth-order valence-electron chi connectivity index (χ4n) is 4.29. The van der Waals surface area contributed by atoms with Crippen molar-refractivity contribution in [1.29, 1.82) is 0 Å². The highest BCUT2D eigenvalue weighted by atomic mass is 16.2. The SMILES string of the molecule is CC(C)C[C@H](NC(=O)[C@H](C)NC(=O)c1ccnn1C)C(=O)N[C@@H](Cc1ccccc1)C(=O)C(=O)NCc1ccccc1. The Morgan fingerprint density at radius 1 is 0.762 bits per heavy atom. The van der Waals surface area contributed by atoms with Gasteiger partial charge in [0.2, 0.25) is 17.6 Å². The molecule has 0 fully saturated rings. The highest BCUT2D eigenvalue weighted by molar-refractivity contribution is 6.38. The van der Waals surface area contributed by atoms with E-state index in [9.17, 15) is 24.0 Å². The molecule has 0 unspecified atom stereocenters. The maximum absolute atomic E-state index is 13.5. The molecule has 0 aliphatic carbocycles. The number of benzene rings is 2. The first kappa shape index (κ1) is 31.7. The number of rotatable bonds is 14. The lowest BCUT2D eigenvalue weighted by Gasteiger charge is -2.25. The molecule has 4 N–H and O–H groups in total. The van der Waals surface area contributed by atoms with E-state index in [1.54, 1.807) is 31.3 Å². The van der Waals surface area contributed by atoms with Crippen molar-refractivity contribution < 1.29 is 24.0 Å². The summed E-state index contributed by atoms with van der Waals surface area (Å²) < 4.78 is 1.38. The number of carbonyl (C=O) groups excluding carboxylic acids is 5. The number of Topliss-reactive ketones (excluding diaryl/α,β-unsaturated/α-hetero) is 1. The number of nitrogens with zero attached hydrogens (tertiary/aromatic N) is 2.